The summed E-state index contributed by atoms with van der Waals surface area (Å²) >= 11 is 0. The highest BCUT2D eigenvalue weighted by atomic mass is 16.5. The Balaban J connectivity index is 1.84. The van der Waals surface area contributed by atoms with E-state index >= 15 is 0 Å². The lowest BCUT2D eigenvalue weighted by Gasteiger charge is -1.98. The SMILES string of the molecule is O=COC1CC1Cc1ccccc1. The molecule has 0 aromatic heterocycles. The third kappa shape index (κ3) is 2.08. The zero-order valence-corrected chi connectivity index (χ0v) is 7.35. The number of hydrogen-bond acceptors (Lipinski definition) is 2. The zero-order chi connectivity index (χ0) is 9.10. The second-order valence-electron chi connectivity index (χ2n) is 3.46. The van der Waals surface area contributed by atoms with Crippen LogP contribution < -0.4 is 0 Å². The summed E-state index contributed by atoms with van der Waals surface area (Å²) in [6.07, 6.45) is 2.23. The minimum atomic E-state index is 0.178. The van der Waals surface area contributed by atoms with Crippen molar-refractivity contribution >= 4 is 6.47 Å². The largest absolute Gasteiger partial charge is 0.464 e. The van der Waals surface area contributed by atoms with Crippen LogP contribution in [0.5, 0.6) is 0 Å². The smallest absolute Gasteiger partial charge is 0.293 e. The minimum absolute atomic E-state index is 0.178. The van der Waals surface area contributed by atoms with E-state index in [1.165, 1.54) is 5.56 Å². The Morgan fingerprint density at radius 1 is 1.38 bits per heavy atom. The molecule has 1 aromatic carbocycles. The van der Waals surface area contributed by atoms with Crippen molar-refractivity contribution < 1.29 is 9.53 Å². The van der Waals surface area contributed by atoms with Gasteiger partial charge in [-0.3, -0.25) is 4.79 Å². The van der Waals surface area contributed by atoms with Gasteiger partial charge in [-0.05, 0) is 18.4 Å². The predicted octanol–water partition coefficient (Wildman–Crippen LogP) is 1.79. The van der Waals surface area contributed by atoms with E-state index in [1.54, 1.807) is 0 Å². The molecule has 0 amide bonds. The molecule has 0 heterocycles. The number of hydrogen-bond donors (Lipinski definition) is 0. The summed E-state index contributed by atoms with van der Waals surface area (Å²) in [5, 5.41) is 0. The lowest BCUT2D eigenvalue weighted by Crippen LogP contribution is -1.96. The van der Waals surface area contributed by atoms with E-state index < -0.39 is 0 Å². The van der Waals surface area contributed by atoms with Crippen molar-refractivity contribution in [2.45, 2.75) is 18.9 Å². The van der Waals surface area contributed by atoms with Crippen LogP contribution in [0.4, 0.5) is 0 Å². The van der Waals surface area contributed by atoms with E-state index in [4.69, 9.17) is 4.74 Å². The molecule has 1 aliphatic carbocycles. The molecule has 0 bridgehead atoms. The molecule has 1 fully saturated rings. The second kappa shape index (κ2) is 3.60. The number of rotatable bonds is 4. The number of ether oxygens (including phenoxy) is 1. The van der Waals surface area contributed by atoms with Crippen molar-refractivity contribution in [2.75, 3.05) is 0 Å². The van der Waals surface area contributed by atoms with Gasteiger partial charge in [0.1, 0.15) is 6.10 Å². The molecule has 0 N–H and O–H groups in total. The normalized spacial score (nSPS) is 25.2. The first-order valence-electron chi connectivity index (χ1n) is 4.53. The molecular weight excluding hydrogens is 164 g/mol. The maximum Gasteiger partial charge on any atom is 0.293 e. The van der Waals surface area contributed by atoms with Gasteiger partial charge in [-0.1, -0.05) is 30.3 Å². The van der Waals surface area contributed by atoms with Gasteiger partial charge >= 0.3 is 0 Å². The van der Waals surface area contributed by atoms with Gasteiger partial charge in [-0.15, -0.1) is 0 Å². The first-order valence-corrected chi connectivity index (χ1v) is 4.53. The Morgan fingerprint density at radius 2 is 2.15 bits per heavy atom. The first-order chi connectivity index (χ1) is 6.40. The van der Waals surface area contributed by atoms with Crippen LogP contribution in [0.2, 0.25) is 0 Å². The Labute approximate surface area is 77.5 Å². The first kappa shape index (κ1) is 8.30. The van der Waals surface area contributed by atoms with E-state index in [1.807, 2.05) is 18.2 Å². The highest BCUT2D eigenvalue weighted by Crippen LogP contribution is 2.36. The Morgan fingerprint density at radius 3 is 2.85 bits per heavy atom. The van der Waals surface area contributed by atoms with Crippen molar-refractivity contribution in [1.82, 2.24) is 0 Å². The molecule has 1 aromatic rings. The van der Waals surface area contributed by atoms with Gasteiger partial charge in [-0.25, -0.2) is 0 Å². The maximum absolute atomic E-state index is 10.0. The zero-order valence-electron chi connectivity index (χ0n) is 7.35. The standard InChI is InChI=1S/C11H12O2/c12-8-13-11-7-10(11)6-9-4-2-1-3-5-9/h1-5,8,10-11H,6-7H2. The summed E-state index contributed by atoms with van der Waals surface area (Å²) in [5.74, 6) is 0.549. The average molecular weight is 176 g/mol. The fourth-order valence-electron chi connectivity index (χ4n) is 1.59. The van der Waals surface area contributed by atoms with Crippen molar-refractivity contribution in [1.29, 1.82) is 0 Å². The molecule has 1 saturated carbocycles. The van der Waals surface area contributed by atoms with Gasteiger partial charge < -0.3 is 4.74 Å². The number of carbonyl (C=O) groups excluding carboxylic acids is 1. The minimum Gasteiger partial charge on any atom is -0.464 e. The van der Waals surface area contributed by atoms with E-state index in [2.05, 4.69) is 12.1 Å². The van der Waals surface area contributed by atoms with Crippen LogP contribution in [0.3, 0.4) is 0 Å². The van der Waals surface area contributed by atoms with Crippen LogP contribution in [-0.2, 0) is 16.0 Å². The van der Waals surface area contributed by atoms with Gasteiger partial charge in [-0.2, -0.15) is 0 Å². The van der Waals surface area contributed by atoms with E-state index in [9.17, 15) is 4.79 Å². The molecule has 2 unspecified atom stereocenters. The van der Waals surface area contributed by atoms with Crippen molar-refractivity contribution in [3.8, 4) is 0 Å². The van der Waals surface area contributed by atoms with Crippen LogP contribution >= 0.6 is 0 Å². The number of benzene rings is 1. The molecule has 0 spiro atoms. The summed E-state index contributed by atoms with van der Waals surface area (Å²) in [7, 11) is 0. The van der Waals surface area contributed by atoms with Gasteiger partial charge in [0.05, 0.1) is 0 Å². The van der Waals surface area contributed by atoms with Crippen LogP contribution in [0, 0.1) is 5.92 Å². The van der Waals surface area contributed by atoms with E-state index in [-0.39, 0.29) is 6.10 Å². The van der Waals surface area contributed by atoms with Gasteiger partial charge in [0.15, 0.2) is 0 Å². The summed E-state index contributed by atoms with van der Waals surface area (Å²) in [6.45, 7) is 0.551. The molecule has 68 valence electrons. The van der Waals surface area contributed by atoms with Gasteiger partial charge in [0.25, 0.3) is 6.47 Å². The Kier molecular flexibility index (Phi) is 2.30. The fourth-order valence-corrected chi connectivity index (χ4v) is 1.59. The third-order valence-corrected chi connectivity index (χ3v) is 2.43. The summed E-state index contributed by atoms with van der Waals surface area (Å²) < 4.78 is 4.86. The van der Waals surface area contributed by atoms with Crippen LogP contribution in [0.1, 0.15) is 12.0 Å². The highest BCUT2D eigenvalue weighted by molar-refractivity contribution is 5.38. The van der Waals surface area contributed by atoms with Crippen LogP contribution in [0.15, 0.2) is 30.3 Å². The Bertz CT molecular complexity index is 281. The lowest BCUT2D eigenvalue weighted by molar-refractivity contribution is -0.130. The summed E-state index contributed by atoms with van der Waals surface area (Å²) in [5.41, 5.74) is 1.32. The van der Waals surface area contributed by atoms with Gasteiger partial charge in [0.2, 0.25) is 0 Å². The van der Waals surface area contributed by atoms with Crippen molar-refractivity contribution in [3.63, 3.8) is 0 Å². The molecule has 13 heavy (non-hydrogen) atoms. The van der Waals surface area contributed by atoms with E-state index in [0.29, 0.717) is 12.4 Å². The predicted molar refractivity (Wildman–Crippen MR) is 49.2 cm³/mol. The molecule has 2 heteroatoms. The highest BCUT2D eigenvalue weighted by Gasteiger charge is 2.38. The molecule has 0 aliphatic heterocycles. The van der Waals surface area contributed by atoms with Crippen molar-refractivity contribution in [2.24, 2.45) is 5.92 Å². The molecule has 1 aliphatic rings. The Hall–Kier alpha value is -1.31. The number of carbonyl (C=O) groups is 1. The molecule has 0 saturated heterocycles. The average Bonchev–Trinajstić information content (AvgIpc) is 2.86. The summed E-state index contributed by atoms with van der Waals surface area (Å²) in [6, 6.07) is 10.3. The molecular formula is C11H12O2. The quantitative estimate of drug-likeness (QED) is 0.654. The van der Waals surface area contributed by atoms with Crippen LogP contribution in [-0.4, -0.2) is 12.6 Å². The molecule has 2 rings (SSSR count). The monoisotopic (exact) mass is 176 g/mol. The summed E-state index contributed by atoms with van der Waals surface area (Å²) in [4.78, 5) is 10.0. The van der Waals surface area contributed by atoms with Crippen molar-refractivity contribution in [3.05, 3.63) is 35.9 Å². The second-order valence-corrected chi connectivity index (χ2v) is 3.46. The molecule has 0 radical (unpaired) electrons. The van der Waals surface area contributed by atoms with E-state index in [0.717, 1.165) is 12.8 Å². The fraction of sp³-hybridized carbons (Fsp3) is 0.364. The van der Waals surface area contributed by atoms with Crippen LogP contribution in [0.25, 0.3) is 0 Å². The topological polar surface area (TPSA) is 26.3 Å². The molecule has 2 atom stereocenters. The lowest BCUT2D eigenvalue weighted by atomic mass is 10.1. The third-order valence-electron chi connectivity index (χ3n) is 2.43. The van der Waals surface area contributed by atoms with Gasteiger partial charge in [0, 0.05) is 5.92 Å². The molecule has 2 nitrogen and oxygen atoms in total. The maximum atomic E-state index is 10.0.